The molecule has 3 amide bonds. The number of amides is 3. The molecule has 31 heavy (non-hydrogen) atoms. The molecule has 0 aliphatic rings. The van der Waals surface area contributed by atoms with Crippen molar-refractivity contribution in [3.63, 3.8) is 0 Å². The molecule has 158 valence electrons. The highest BCUT2D eigenvalue weighted by atomic mass is 16.5. The summed E-state index contributed by atoms with van der Waals surface area (Å²) in [6, 6.07) is 22.3. The van der Waals surface area contributed by atoms with Gasteiger partial charge in [-0.15, -0.1) is 0 Å². The summed E-state index contributed by atoms with van der Waals surface area (Å²) in [6.45, 7) is 2.24. The second kappa shape index (κ2) is 10.6. The second-order valence-electron chi connectivity index (χ2n) is 6.59. The quantitative estimate of drug-likeness (QED) is 0.521. The fourth-order valence-corrected chi connectivity index (χ4v) is 2.83. The molecule has 0 bridgehead atoms. The van der Waals surface area contributed by atoms with Crippen LogP contribution in [-0.4, -0.2) is 30.9 Å². The van der Waals surface area contributed by atoms with Crippen molar-refractivity contribution < 1.29 is 19.1 Å². The monoisotopic (exact) mass is 417 g/mol. The Bertz CT molecular complexity index is 1070. The number of rotatable bonds is 8. The van der Waals surface area contributed by atoms with Crippen LogP contribution in [-0.2, 0) is 4.79 Å². The number of anilines is 2. The van der Waals surface area contributed by atoms with Crippen molar-refractivity contribution in [1.82, 2.24) is 5.32 Å². The van der Waals surface area contributed by atoms with Gasteiger partial charge in [0.25, 0.3) is 17.7 Å². The van der Waals surface area contributed by atoms with E-state index in [1.807, 2.05) is 13.0 Å². The number of benzene rings is 3. The number of carbonyl (C=O) groups is 3. The van der Waals surface area contributed by atoms with E-state index in [1.54, 1.807) is 72.8 Å². The minimum Gasteiger partial charge on any atom is -0.484 e. The Labute approximate surface area is 180 Å². The van der Waals surface area contributed by atoms with Crippen molar-refractivity contribution in [1.29, 1.82) is 0 Å². The molecule has 0 saturated heterocycles. The van der Waals surface area contributed by atoms with E-state index in [2.05, 4.69) is 16.0 Å². The second-order valence-corrected chi connectivity index (χ2v) is 6.59. The molecule has 3 N–H and O–H groups in total. The summed E-state index contributed by atoms with van der Waals surface area (Å²) in [6.07, 6.45) is 0. The average Bonchev–Trinajstić information content (AvgIpc) is 2.79. The van der Waals surface area contributed by atoms with Crippen LogP contribution in [0, 0.1) is 0 Å². The Morgan fingerprint density at radius 3 is 2.32 bits per heavy atom. The molecule has 3 aromatic rings. The number of para-hydroxylation sites is 1. The number of hydrogen-bond acceptors (Lipinski definition) is 4. The Balaban J connectivity index is 1.69. The molecule has 0 atom stereocenters. The lowest BCUT2D eigenvalue weighted by Crippen LogP contribution is -2.28. The van der Waals surface area contributed by atoms with E-state index in [1.165, 1.54) is 0 Å². The van der Waals surface area contributed by atoms with Gasteiger partial charge < -0.3 is 20.7 Å². The van der Waals surface area contributed by atoms with Gasteiger partial charge in [-0.05, 0) is 43.3 Å². The van der Waals surface area contributed by atoms with Crippen molar-refractivity contribution in [3.8, 4) is 5.75 Å². The lowest BCUT2D eigenvalue weighted by molar-refractivity contribution is -0.122. The summed E-state index contributed by atoms with van der Waals surface area (Å²) in [5.74, 6) is -0.457. The standard InChI is InChI=1S/C24H23N3O4/c1-2-25-22(28)16-31-19-12-8-11-18(15-19)26-24(30)20-13-6-7-14-21(20)27-23(29)17-9-4-3-5-10-17/h3-15H,2,16H2,1H3,(H,25,28)(H,26,30)(H,27,29). The minimum atomic E-state index is -0.384. The molecule has 3 rings (SSSR count). The maximum atomic E-state index is 12.8. The summed E-state index contributed by atoms with van der Waals surface area (Å²) < 4.78 is 5.45. The molecule has 7 heteroatoms. The van der Waals surface area contributed by atoms with E-state index in [-0.39, 0.29) is 24.3 Å². The van der Waals surface area contributed by atoms with Crippen LogP contribution in [0.3, 0.4) is 0 Å². The van der Waals surface area contributed by atoms with E-state index < -0.39 is 0 Å². The van der Waals surface area contributed by atoms with Crippen molar-refractivity contribution >= 4 is 29.1 Å². The van der Waals surface area contributed by atoms with Crippen LogP contribution < -0.4 is 20.7 Å². The molecule has 3 aromatic carbocycles. The minimum absolute atomic E-state index is 0.112. The lowest BCUT2D eigenvalue weighted by Gasteiger charge is -2.12. The van der Waals surface area contributed by atoms with Crippen LogP contribution in [0.1, 0.15) is 27.6 Å². The fraction of sp³-hybridized carbons (Fsp3) is 0.125. The number of nitrogens with one attached hydrogen (secondary N) is 3. The van der Waals surface area contributed by atoms with Crippen molar-refractivity contribution in [2.75, 3.05) is 23.8 Å². The highest BCUT2D eigenvalue weighted by molar-refractivity contribution is 6.12. The first-order valence-corrected chi connectivity index (χ1v) is 9.83. The van der Waals surface area contributed by atoms with Gasteiger partial charge in [0, 0.05) is 23.9 Å². The normalized spacial score (nSPS) is 10.1. The van der Waals surface area contributed by atoms with Crippen LogP contribution in [0.4, 0.5) is 11.4 Å². The summed E-state index contributed by atoms with van der Waals surface area (Å²) in [5.41, 5.74) is 1.72. The zero-order chi connectivity index (χ0) is 22.1. The van der Waals surface area contributed by atoms with E-state index in [0.717, 1.165) is 0 Å². The van der Waals surface area contributed by atoms with E-state index in [4.69, 9.17) is 4.74 Å². The van der Waals surface area contributed by atoms with Gasteiger partial charge in [-0.25, -0.2) is 0 Å². The molecule has 0 saturated carbocycles. The van der Waals surface area contributed by atoms with Crippen molar-refractivity contribution in [3.05, 3.63) is 90.0 Å². The molecule has 7 nitrogen and oxygen atoms in total. The molecule has 0 aliphatic carbocycles. The number of carbonyl (C=O) groups excluding carboxylic acids is 3. The molecule has 0 radical (unpaired) electrons. The van der Waals surface area contributed by atoms with E-state index in [9.17, 15) is 14.4 Å². The Kier molecular flexibility index (Phi) is 7.37. The van der Waals surface area contributed by atoms with E-state index in [0.29, 0.717) is 34.8 Å². The number of hydrogen-bond donors (Lipinski definition) is 3. The zero-order valence-corrected chi connectivity index (χ0v) is 17.1. The Morgan fingerprint density at radius 1 is 0.806 bits per heavy atom. The molecular weight excluding hydrogens is 394 g/mol. The summed E-state index contributed by atoms with van der Waals surface area (Å²) in [4.78, 5) is 36.9. The van der Waals surface area contributed by atoms with Crippen LogP contribution in [0.2, 0.25) is 0 Å². The maximum absolute atomic E-state index is 12.8. The van der Waals surface area contributed by atoms with E-state index >= 15 is 0 Å². The zero-order valence-electron chi connectivity index (χ0n) is 17.1. The van der Waals surface area contributed by atoms with Crippen LogP contribution in [0.25, 0.3) is 0 Å². The topological polar surface area (TPSA) is 96.5 Å². The molecular formula is C24H23N3O4. The lowest BCUT2D eigenvalue weighted by atomic mass is 10.1. The third-order valence-electron chi connectivity index (χ3n) is 4.29. The average molecular weight is 417 g/mol. The van der Waals surface area contributed by atoms with Crippen molar-refractivity contribution in [2.24, 2.45) is 0 Å². The van der Waals surface area contributed by atoms with Gasteiger partial charge in [0.15, 0.2) is 6.61 Å². The SMILES string of the molecule is CCNC(=O)COc1cccc(NC(=O)c2ccccc2NC(=O)c2ccccc2)c1. The van der Waals surface area contributed by atoms with Gasteiger partial charge in [-0.2, -0.15) is 0 Å². The summed E-state index contributed by atoms with van der Waals surface area (Å²) in [7, 11) is 0. The van der Waals surface area contributed by atoms with Gasteiger partial charge in [-0.3, -0.25) is 14.4 Å². The molecule has 0 unspecified atom stereocenters. The third kappa shape index (κ3) is 6.17. The van der Waals surface area contributed by atoms with Crippen LogP contribution in [0.15, 0.2) is 78.9 Å². The first kappa shape index (κ1) is 21.6. The van der Waals surface area contributed by atoms with Gasteiger partial charge in [0.2, 0.25) is 0 Å². The van der Waals surface area contributed by atoms with Crippen molar-refractivity contribution in [2.45, 2.75) is 6.92 Å². The van der Waals surface area contributed by atoms with Crippen LogP contribution in [0.5, 0.6) is 5.75 Å². The maximum Gasteiger partial charge on any atom is 0.257 e. The van der Waals surface area contributed by atoms with Gasteiger partial charge >= 0.3 is 0 Å². The number of likely N-dealkylation sites (N-methyl/N-ethyl adjacent to an activating group) is 1. The van der Waals surface area contributed by atoms with Gasteiger partial charge in [0.1, 0.15) is 5.75 Å². The first-order valence-electron chi connectivity index (χ1n) is 9.83. The predicted octanol–water partition coefficient (Wildman–Crippen LogP) is 3.71. The summed E-state index contributed by atoms with van der Waals surface area (Å²) in [5, 5.41) is 8.22. The number of ether oxygens (including phenoxy) is 1. The third-order valence-corrected chi connectivity index (χ3v) is 4.29. The molecule has 0 fully saturated rings. The molecule has 0 spiro atoms. The molecule has 0 aliphatic heterocycles. The van der Waals surface area contributed by atoms with Gasteiger partial charge in [0.05, 0.1) is 11.3 Å². The first-order chi connectivity index (χ1) is 15.1. The predicted molar refractivity (Wildman–Crippen MR) is 119 cm³/mol. The summed E-state index contributed by atoms with van der Waals surface area (Å²) >= 11 is 0. The highest BCUT2D eigenvalue weighted by Gasteiger charge is 2.14. The smallest absolute Gasteiger partial charge is 0.257 e. The Hall–Kier alpha value is -4.13. The molecule has 0 heterocycles. The highest BCUT2D eigenvalue weighted by Crippen LogP contribution is 2.21. The Morgan fingerprint density at radius 2 is 1.55 bits per heavy atom. The van der Waals surface area contributed by atoms with Crippen LogP contribution >= 0.6 is 0 Å². The largest absolute Gasteiger partial charge is 0.484 e. The molecule has 0 aromatic heterocycles. The fourth-order valence-electron chi connectivity index (χ4n) is 2.83. The van der Waals surface area contributed by atoms with Gasteiger partial charge in [-0.1, -0.05) is 36.4 Å².